The first-order chi connectivity index (χ1) is 10.5. The maximum Gasteiger partial charge on any atom is 0.270 e. The predicted octanol–water partition coefficient (Wildman–Crippen LogP) is 3.49. The lowest BCUT2D eigenvalue weighted by Crippen LogP contribution is -2.45. The Hall–Kier alpha value is -1.58. The molecule has 1 N–H and O–H groups in total. The number of rotatable bonds is 2. The Morgan fingerprint density at radius 3 is 2.41 bits per heavy atom. The number of carbonyl (C=O) groups excluding carboxylic acids is 2. The Bertz CT molecular complexity index is 602. The van der Waals surface area contributed by atoms with Crippen molar-refractivity contribution in [2.45, 2.75) is 52.9 Å². The summed E-state index contributed by atoms with van der Waals surface area (Å²) < 4.78 is 0. The molecule has 0 unspecified atom stereocenters. The van der Waals surface area contributed by atoms with Crippen LogP contribution in [0.5, 0.6) is 0 Å². The van der Waals surface area contributed by atoms with Gasteiger partial charge in [0.25, 0.3) is 5.91 Å². The number of aromatic amines is 1. The second-order valence-corrected chi connectivity index (χ2v) is 7.03. The van der Waals surface area contributed by atoms with E-state index in [1.165, 1.54) is 25.7 Å². The van der Waals surface area contributed by atoms with Gasteiger partial charge in [0, 0.05) is 24.3 Å². The maximum absolute atomic E-state index is 12.9. The van der Waals surface area contributed by atoms with E-state index in [1.54, 1.807) is 6.92 Å². The van der Waals surface area contributed by atoms with Crippen molar-refractivity contribution >= 4 is 11.7 Å². The van der Waals surface area contributed by atoms with Crippen LogP contribution in [0.4, 0.5) is 0 Å². The Balaban J connectivity index is 1.80. The summed E-state index contributed by atoms with van der Waals surface area (Å²) >= 11 is 0. The third kappa shape index (κ3) is 2.59. The van der Waals surface area contributed by atoms with Gasteiger partial charge >= 0.3 is 0 Å². The number of piperidine rings is 1. The van der Waals surface area contributed by atoms with Gasteiger partial charge in [-0.15, -0.1) is 0 Å². The fourth-order valence-electron chi connectivity index (χ4n) is 4.44. The van der Waals surface area contributed by atoms with Crippen molar-refractivity contribution in [1.82, 2.24) is 9.88 Å². The third-order valence-corrected chi connectivity index (χ3v) is 5.58. The summed E-state index contributed by atoms with van der Waals surface area (Å²) in [5, 5.41) is 0. The number of nitrogens with zero attached hydrogens (tertiary/aromatic N) is 1. The van der Waals surface area contributed by atoms with E-state index in [-0.39, 0.29) is 11.7 Å². The normalized spacial score (nSPS) is 25.0. The molecule has 2 fully saturated rings. The Kier molecular flexibility index (Phi) is 4.11. The van der Waals surface area contributed by atoms with Crippen molar-refractivity contribution < 1.29 is 9.59 Å². The van der Waals surface area contributed by atoms with Crippen molar-refractivity contribution in [2.24, 2.45) is 11.8 Å². The minimum Gasteiger partial charge on any atom is -0.354 e. The van der Waals surface area contributed by atoms with Crippen molar-refractivity contribution in [3.05, 3.63) is 22.5 Å². The lowest BCUT2D eigenvalue weighted by Gasteiger charge is -2.41. The summed E-state index contributed by atoms with van der Waals surface area (Å²) in [6.07, 6.45) is 6.39. The predicted molar refractivity (Wildman–Crippen MR) is 86.2 cm³/mol. The first kappa shape index (κ1) is 15.3. The minimum absolute atomic E-state index is 0.0243. The van der Waals surface area contributed by atoms with Gasteiger partial charge in [0.15, 0.2) is 5.78 Å². The number of hydrogen-bond acceptors (Lipinski definition) is 2. The quantitative estimate of drug-likeness (QED) is 0.850. The van der Waals surface area contributed by atoms with Gasteiger partial charge in [-0.25, -0.2) is 0 Å². The fourth-order valence-corrected chi connectivity index (χ4v) is 4.44. The van der Waals surface area contributed by atoms with Crippen LogP contribution in [0.2, 0.25) is 0 Å². The van der Waals surface area contributed by atoms with Gasteiger partial charge in [0.1, 0.15) is 5.69 Å². The first-order valence-electron chi connectivity index (χ1n) is 8.48. The monoisotopic (exact) mass is 302 g/mol. The molecule has 2 atom stereocenters. The number of amides is 1. The van der Waals surface area contributed by atoms with Crippen LogP contribution in [-0.2, 0) is 0 Å². The van der Waals surface area contributed by atoms with Crippen LogP contribution in [0.3, 0.4) is 0 Å². The lowest BCUT2D eigenvalue weighted by molar-refractivity contribution is 0.0515. The molecule has 1 aromatic heterocycles. The Morgan fingerprint density at radius 2 is 1.77 bits per heavy atom. The van der Waals surface area contributed by atoms with E-state index in [0.717, 1.165) is 36.7 Å². The van der Waals surface area contributed by atoms with E-state index in [1.807, 2.05) is 18.7 Å². The van der Waals surface area contributed by atoms with Gasteiger partial charge in [0.05, 0.1) is 0 Å². The van der Waals surface area contributed by atoms with E-state index < -0.39 is 0 Å². The highest BCUT2D eigenvalue weighted by Crippen LogP contribution is 2.36. The molecule has 1 aliphatic carbocycles. The summed E-state index contributed by atoms with van der Waals surface area (Å²) in [5.74, 6) is 1.58. The number of fused-ring (bicyclic) bond motifs is 1. The molecule has 2 aliphatic rings. The van der Waals surface area contributed by atoms with Crippen molar-refractivity contribution in [2.75, 3.05) is 13.1 Å². The standard InChI is InChI=1S/C18H26N2O2/c1-11-16(13(3)21)12(2)19-17(11)18(22)20-9-8-14-6-4-5-7-15(14)10-20/h14-15,19H,4-10H2,1-3H3/t14-,15+/m1/s1. The van der Waals surface area contributed by atoms with Gasteiger partial charge < -0.3 is 9.88 Å². The van der Waals surface area contributed by atoms with Gasteiger partial charge in [-0.3, -0.25) is 9.59 Å². The molecule has 1 saturated heterocycles. The molecule has 4 nitrogen and oxygen atoms in total. The molecule has 3 rings (SSSR count). The van der Waals surface area contributed by atoms with Crippen LogP contribution in [0, 0.1) is 25.7 Å². The van der Waals surface area contributed by atoms with Crippen LogP contribution in [-0.4, -0.2) is 34.7 Å². The van der Waals surface area contributed by atoms with E-state index in [4.69, 9.17) is 0 Å². The molecular weight excluding hydrogens is 276 g/mol. The average molecular weight is 302 g/mol. The van der Waals surface area contributed by atoms with E-state index in [2.05, 4.69) is 4.98 Å². The average Bonchev–Trinajstić information content (AvgIpc) is 2.81. The number of Topliss-reactive ketones (excluding diaryl/α,β-unsaturated/α-hetero) is 1. The summed E-state index contributed by atoms with van der Waals surface area (Å²) in [6, 6.07) is 0. The van der Waals surface area contributed by atoms with Crippen LogP contribution >= 0.6 is 0 Å². The topological polar surface area (TPSA) is 53.2 Å². The molecule has 22 heavy (non-hydrogen) atoms. The highest BCUT2D eigenvalue weighted by Gasteiger charge is 2.34. The van der Waals surface area contributed by atoms with Crippen molar-refractivity contribution in [3.63, 3.8) is 0 Å². The molecular formula is C18H26N2O2. The van der Waals surface area contributed by atoms with Gasteiger partial charge in [-0.1, -0.05) is 19.3 Å². The minimum atomic E-state index is 0.0243. The Labute approximate surface area is 132 Å². The van der Waals surface area contributed by atoms with E-state index >= 15 is 0 Å². The van der Waals surface area contributed by atoms with Crippen LogP contribution < -0.4 is 0 Å². The first-order valence-corrected chi connectivity index (χ1v) is 8.48. The zero-order valence-corrected chi connectivity index (χ0v) is 13.9. The number of carbonyl (C=O) groups is 2. The zero-order chi connectivity index (χ0) is 15.9. The van der Waals surface area contributed by atoms with Crippen molar-refractivity contribution in [1.29, 1.82) is 0 Å². The molecule has 0 radical (unpaired) electrons. The third-order valence-electron chi connectivity index (χ3n) is 5.58. The van der Waals surface area contributed by atoms with Crippen LogP contribution in [0.15, 0.2) is 0 Å². The molecule has 0 bridgehead atoms. The molecule has 4 heteroatoms. The van der Waals surface area contributed by atoms with E-state index in [0.29, 0.717) is 17.2 Å². The van der Waals surface area contributed by atoms with Crippen LogP contribution in [0.25, 0.3) is 0 Å². The molecule has 0 spiro atoms. The molecule has 120 valence electrons. The molecule has 1 aliphatic heterocycles. The lowest BCUT2D eigenvalue weighted by atomic mass is 9.75. The SMILES string of the molecule is CC(=O)c1c(C)[nH]c(C(=O)N2CC[C@H]3CCCC[C@H]3C2)c1C. The second-order valence-electron chi connectivity index (χ2n) is 7.03. The second kappa shape index (κ2) is 5.90. The maximum atomic E-state index is 12.9. The summed E-state index contributed by atoms with van der Waals surface area (Å²) in [4.78, 5) is 29.8. The Morgan fingerprint density at radius 1 is 1.09 bits per heavy atom. The van der Waals surface area contributed by atoms with Crippen molar-refractivity contribution in [3.8, 4) is 0 Å². The zero-order valence-electron chi connectivity index (χ0n) is 13.9. The molecule has 2 heterocycles. The fraction of sp³-hybridized carbons (Fsp3) is 0.667. The summed E-state index contributed by atoms with van der Waals surface area (Å²) in [7, 11) is 0. The van der Waals surface area contributed by atoms with Gasteiger partial charge in [-0.05, 0) is 51.0 Å². The largest absolute Gasteiger partial charge is 0.354 e. The molecule has 1 aromatic rings. The number of aromatic nitrogens is 1. The molecule has 1 amide bonds. The smallest absolute Gasteiger partial charge is 0.270 e. The molecule has 0 aromatic carbocycles. The van der Waals surface area contributed by atoms with E-state index in [9.17, 15) is 9.59 Å². The highest BCUT2D eigenvalue weighted by molar-refractivity contribution is 6.02. The van der Waals surface area contributed by atoms with Gasteiger partial charge in [0.2, 0.25) is 0 Å². The number of nitrogens with one attached hydrogen (secondary N) is 1. The summed E-state index contributed by atoms with van der Waals surface area (Å²) in [5.41, 5.74) is 2.90. The number of aryl methyl sites for hydroxylation is 1. The molecule has 1 saturated carbocycles. The summed E-state index contributed by atoms with van der Waals surface area (Å²) in [6.45, 7) is 7.04. The number of H-pyrrole nitrogens is 1. The number of ketones is 1. The van der Waals surface area contributed by atoms with Gasteiger partial charge in [-0.2, -0.15) is 0 Å². The number of likely N-dealkylation sites (tertiary alicyclic amines) is 1. The highest BCUT2D eigenvalue weighted by atomic mass is 16.2. The number of hydrogen-bond donors (Lipinski definition) is 1. The van der Waals surface area contributed by atoms with Crippen LogP contribution in [0.1, 0.15) is 71.1 Å².